The van der Waals surface area contributed by atoms with Crippen LogP contribution >= 0.6 is 12.6 Å². The van der Waals surface area contributed by atoms with Crippen molar-refractivity contribution in [1.82, 2.24) is 58.5 Å². The smallest absolute Gasteiger partial charge is 0.244 e. The molecular weight excluding hydrogens is 1480 g/mol. The number of carbonyl (C=O) groups is 13. The van der Waals surface area contributed by atoms with E-state index in [1.54, 1.807) is 0 Å². The molecule has 112 heavy (non-hydrogen) atoms. The van der Waals surface area contributed by atoms with Crippen molar-refractivity contribution in [2.75, 3.05) is 64.7 Å². The molecule has 0 saturated carbocycles. The number of nitrogens with zero attached hydrogens (tertiary/aromatic N) is 6. The Bertz CT molecular complexity index is 3160. The monoisotopic (exact) mass is 1610 g/mol. The van der Waals surface area contributed by atoms with E-state index >= 15 is 0 Å². The summed E-state index contributed by atoms with van der Waals surface area (Å²) in [7, 11) is 0. The van der Waals surface area contributed by atoms with Gasteiger partial charge >= 0.3 is 0 Å². The highest BCUT2D eigenvalue weighted by Gasteiger charge is 2.37. The molecule has 48 heteroatoms. The van der Waals surface area contributed by atoms with E-state index in [-0.39, 0.29) is 203 Å². The van der Waals surface area contributed by atoms with E-state index in [0.717, 1.165) is 0 Å². The first-order valence-electron chi connectivity index (χ1n) is 36.9. The molecule has 0 radical (unpaired) electrons. The first-order valence-corrected chi connectivity index (χ1v) is 37.6. The molecule has 0 aromatic heterocycles. The number of guanidine groups is 6. The molecule has 0 aromatic carbocycles. The van der Waals surface area contributed by atoms with Gasteiger partial charge in [-0.1, -0.05) is 0 Å². The number of primary amides is 2. The summed E-state index contributed by atoms with van der Waals surface area (Å²) in [6.07, 6.45) is 0.187. The van der Waals surface area contributed by atoms with Crippen LogP contribution in [0.15, 0.2) is 30.0 Å². The van der Waals surface area contributed by atoms with Gasteiger partial charge in [-0.3, -0.25) is 92.3 Å². The average molecular weight is 1610 g/mol. The molecule has 0 fully saturated rings. The predicted octanol–water partition coefficient (Wildman–Crippen LogP) is -12.3. The normalized spacial score (nSPS) is 13.7. The highest BCUT2D eigenvalue weighted by molar-refractivity contribution is 7.80. The standard InChI is InChI=1S/C64H126N34O13S/c1-35(99)88-46(34-112)58(111)97-39(16-4-7-27-67)51(104)92-41(19-10-30-84-61(74)75)53(106)94-42(20-11-31-85-62(76)77)54(107)95-44(22-13-33-87-64(80)81)56(109)98-45(23-24-47(68)100)57(110)96-43(21-12-32-86-63(78)79)55(108)93-40(18-9-29-83-60(72)73)52(105)91-38(15-3-6-26-66)50(103)90-37(14-2-5-25-65)49(102)89-36(48(69)101)17-8-28-82-59(70)71/h36-46,112H,2-34,65-67H2,1H3,(H2,68,100)(H2,69,101)(H,88,99)(H,89,102)(H,90,103)(H,91,105)(H,92,104)(H,93,108)(H,94,106)(H,95,107)(H,96,110)(H,97,111)(H,98,109)(H4,70,71,82)(H4,72,73,83)(H4,74,75,84)(H4,76,77,85)(H4,78,79,86)(H4,80,81,87)/t36-,37-,38-,39+,40-,41-,42-,43-,44-,45-,46+/m0/s1. The number of nitrogens with one attached hydrogen (secondary N) is 11. The van der Waals surface area contributed by atoms with E-state index in [1.165, 1.54) is 6.92 Å². The van der Waals surface area contributed by atoms with Crippen LogP contribution in [0.25, 0.3) is 0 Å². The molecule has 47 nitrogen and oxygen atoms in total. The number of carbonyl (C=O) groups excluding carboxylic acids is 13. The Morgan fingerprint density at radius 1 is 0.250 bits per heavy atom. The Hall–Kier alpha value is -11.0. The lowest BCUT2D eigenvalue weighted by molar-refractivity contribution is -0.136. The van der Waals surface area contributed by atoms with Gasteiger partial charge in [0.05, 0.1) is 0 Å². The number of thiol groups is 1. The van der Waals surface area contributed by atoms with Gasteiger partial charge in [-0.25, -0.2) is 0 Å². The molecule has 45 N–H and O–H groups in total. The zero-order chi connectivity index (χ0) is 84.7. The van der Waals surface area contributed by atoms with Crippen molar-refractivity contribution in [2.45, 2.75) is 221 Å². The molecular formula is C64H126N34O13S. The maximum absolute atomic E-state index is 14.8. The fourth-order valence-electron chi connectivity index (χ4n) is 10.7. The van der Waals surface area contributed by atoms with Crippen LogP contribution in [0.4, 0.5) is 0 Å². The molecule has 0 aliphatic carbocycles. The van der Waals surface area contributed by atoms with Gasteiger partial charge in [0.15, 0.2) is 35.8 Å². The number of amides is 13. The van der Waals surface area contributed by atoms with Gasteiger partial charge in [0, 0.05) is 58.4 Å². The minimum atomic E-state index is -1.76. The molecule has 0 aliphatic rings. The lowest BCUT2D eigenvalue weighted by Gasteiger charge is -2.28. The van der Waals surface area contributed by atoms with Gasteiger partial charge in [-0.05, 0) is 161 Å². The SMILES string of the molecule is CC(=O)N[C@H](CS)C(=O)N[C@H](CCCCN)C(=O)N[C@@H](CCCN=C(N)N)C(=O)N[C@@H](CCCN=C(N)N)C(=O)N[C@@H](CCCN=C(N)N)C(=O)N[C@@H](CCC(N)=O)C(=O)N[C@@H](CCCN=C(N)N)C(=O)N[C@@H](CCCN=C(N)N)C(=O)N[C@@H](CCCCN)C(=O)N[C@@H](CCCCN)C(=O)N[C@@H](CCCN=C(N)N)C(N)=O. The quantitative estimate of drug-likeness (QED) is 0.0116. The first-order chi connectivity index (χ1) is 53.0. The third-order valence-electron chi connectivity index (χ3n) is 16.4. The minimum absolute atomic E-state index is 0.00758. The van der Waals surface area contributed by atoms with Crippen molar-refractivity contribution in [3.05, 3.63) is 0 Å². The number of nitrogens with two attached hydrogens (primary N) is 17. The molecule has 11 atom stereocenters. The third kappa shape index (κ3) is 47.8. The molecule has 0 heterocycles. The molecule has 0 unspecified atom stereocenters. The number of hydrogen-bond acceptors (Lipinski definition) is 23. The van der Waals surface area contributed by atoms with Crippen molar-refractivity contribution < 1.29 is 62.3 Å². The average Bonchev–Trinajstić information content (AvgIpc) is 0.853. The molecule has 0 bridgehead atoms. The summed E-state index contributed by atoms with van der Waals surface area (Å²) in [6, 6.07) is -16.0. The first kappa shape index (κ1) is 101. The number of hydrogen-bond donors (Lipinski definition) is 29. The van der Waals surface area contributed by atoms with E-state index < -0.39 is 156 Å². The Morgan fingerprint density at radius 2 is 0.429 bits per heavy atom. The van der Waals surface area contributed by atoms with E-state index in [0.29, 0.717) is 32.1 Å². The predicted molar refractivity (Wildman–Crippen MR) is 427 cm³/mol. The van der Waals surface area contributed by atoms with Crippen LogP contribution in [-0.4, -0.2) is 244 Å². The lowest BCUT2D eigenvalue weighted by Crippen LogP contribution is -2.61. The van der Waals surface area contributed by atoms with E-state index in [2.05, 4.69) is 101 Å². The molecule has 0 spiro atoms. The summed E-state index contributed by atoms with van der Waals surface area (Å²) in [5.41, 5.74) is 95.4. The largest absolute Gasteiger partial charge is 0.370 e. The Morgan fingerprint density at radius 3 is 0.598 bits per heavy atom. The van der Waals surface area contributed by atoms with Crippen LogP contribution in [0, 0.1) is 0 Å². The molecule has 0 aromatic rings. The van der Waals surface area contributed by atoms with E-state index in [9.17, 15) is 62.3 Å². The fraction of sp³-hybridized carbons (Fsp3) is 0.703. The molecule has 0 saturated heterocycles. The van der Waals surface area contributed by atoms with Crippen LogP contribution in [0.3, 0.4) is 0 Å². The number of unbranched alkanes of at least 4 members (excludes halogenated alkanes) is 3. The summed E-state index contributed by atoms with van der Waals surface area (Å²) in [5.74, 6) is -13.7. The Labute approximate surface area is 656 Å². The van der Waals surface area contributed by atoms with Crippen LogP contribution in [0.5, 0.6) is 0 Å². The van der Waals surface area contributed by atoms with E-state index in [1.807, 2.05) is 0 Å². The highest BCUT2D eigenvalue weighted by atomic mass is 32.1. The molecule has 636 valence electrons. The van der Waals surface area contributed by atoms with E-state index in [4.69, 9.17) is 97.5 Å². The minimum Gasteiger partial charge on any atom is -0.370 e. The van der Waals surface area contributed by atoms with Crippen molar-refractivity contribution >= 4 is 125 Å². The summed E-state index contributed by atoms with van der Waals surface area (Å²) in [5, 5.41) is 28.6. The molecule has 0 rings (SSSR count). The van der Waals surface area contributed by atoms with Crippen molar-refractivity contribution in [1.29, 1.82) is 0 Å². The maximum atomic E-state index is 14.8. The van der Waals surface area contributed by atoms with Crippen LogP contribution in [-0.2, 0) is 62.3 Å². The van der Waals surface area contributed by atoms with Gasteiger partial charge in [-0.2, -0.15) is 12.6 Å². The number of aliphatic imine (C=N–C) groups is 6. The Balaban J connectivity index is 7.90. The summed E-state index contributed by atoms with van der Waals surface area (Å²) < 4.78 is 0. The summed E-state index contributed by atoms with van der Waals surface area (Å²) in [6.45, 7) is 1.53. The van der Waals surface area contributed by atoms with Crippen molar-refractivity contribution in [2.24, 2.45) is 127 Å². The third-order valence-corrected chi connectivity index (χ3v) is 16.8. The fourth-order valence-corrected chi connectivity index (χ4v) is 10.9. The summed E-state index contributed by atoms with van der Waals surface area (Å²) in [4.78, 5) is 205. The van der Waals surface area contributed by atoms with Crippen molar-refractivity contribution in [3.8, 4) is 0 Å². The summed E-state index contributed by atoms with van der Waals surface area (Å²) >= 11 is 4.17. The number of rotatable bonds is 62. The lowest BCUT2D eigenvalue weighted by atomic mass is 10.0. The van der Waals surface area contributed by atoms with Gasteiger partial charge < -0.3 is 156 Å². The van der Waals surface area contributed by atoms with Gasteiger partial charge in [0.25, 0.3) is 0 Å². The van der Waals surface area contributed by atoms with Crippen LogP contribution < -0.4 is 156 Å². The highest BCUT2D eigenvalue weighted by Crippen LogP contribution is 2.14. The second kappa shape index (κ2) is 58.9. The van der Waals surface area contributed by atoms with Gasteiger partial charge in [0.1, 0.15) is 66.5 Å². The van der Waals surface area contributed by atoms with Crippen LogP contribution in [0.1, 0.15) is 155 Å². The van der Waals surface area contributed by atoms with Gasteiger partial charge in [-0.15, -0.1) is 0 Å². The van der Waals surface area contributed by atoms with Crippen molar-refractivity contribution in [3.63, 3.8) is 0 Å². The second-order valence-electron chi connectivity index (χ2n) is 26.0. The molecule has 0 aliphatic heterocycles. The second-order valence-corrected chi connectivity index (χ2v) is 26.4. The van der Waals surface area contributed by atoms with Crippen LogP contribution in [0.2, 0.25) is 0 Å². The van der Waals surface area contributed by atoms with Gasteiger partial charge in [0.2, 0.25) is 76.8 Å². The maximum Gasteiger partial charge on any atom is 0.244 e. The zero-order valence-corrected chi connectivity index (χ0v) is 64.8. The Kier molecular flexibility index (Phi) is 53.1. The molecule has 13 amide bonds. The topological polar surface area (TPSA) is 871 Å². The zero-order valence-electron chi connectivity index (χ0n) is 63.9.